The molecule has 0 spiro atoms. The molecule has 0 aliphatic heterocycles. The average molecular weight is 222 g/mol. The normalized spacial score (nSPS) is 13.8. The van der Waals surface area contributed by atoms with Gasteiger partial charge in [0.15, 0.2) is 0 Å². The third kappa shape index (κ3) is 2.55. The van der Waals surface area contributed by atoms with Gasteiger partial charge in [-0.15, -0.1) is 0 Å². The predicted molar refractivity (Wildman–Crippen MR) is 65.3 cm³/mol. The largest absolute Gasteiger partial charge is 0.424 e. The summed E-state index contributed by atoms with van der Waals surface area (Å²) in [6.07, 6.45) is 1.06. The Hall–Kier alpha value is -0.933. The van der Waals surface area contributed by atoms with Crippen molar-refractivity contribution in [2.24, 2.45) is 0 Å². The van der Waals surface area contributed by atoms with Gasteiger partial charge in [-0.1, -0.05) is 38.1 Å². The number of hydrogen-bond acceptors (Lipinski definition) is 2. The number of rotatable bonds is 4. The predicted octanol–water partition coefficient (Wildman–Crippen LogP) is 1.46. The molecule has 1 atom stereocenters. The topological polar surface area (TPSA) is 26.3 Å². The van der Waals surface area contributed by atoms with Gasteiger partial charge in [0, 0.05) is 11.0 Å². The summed E-state index contributed by atoms with van der Waals surface area (Å²) in [7, 11) is 0.748. The molecule has 82 valence electrons. The van der Waals surface area contributed by atoms with Crippen LogP contribution in [0, 0.1) is 0 Å². The fourth-order valence-corrected chi connectivity index (χ4v) is 2.11. The molecule has 0 aliphatic carbocycles. The molecule has 0 saturated heterocycles. The van der Waals surface area contributed by atoms with Gasteiger partial charge in [-0.25, -0.2) is 0 Å². The van der Waals surface area contributed by atoms with Crippen molar-refractivity contribution >= 4 is 16.8 Å². The molecule has 1 aromatic carbocycles. The van der Waals surface area contributed by atoms with E-state index >= 15 is 0 Å². The van der Waals surface area contributed by atoms with E-state index < -0.39 is 0 Å². The highest BCUT2D eigenvalue weighted by molar-refractivity contribution is 5.98. The lowest BCUT2D eigenvalue weighted by Gasteiger charge is -2.31. The van der Waals surface area contributed by atoms with Gasteiger partial charge in [0.05, 0.1) is 6.10 Å². The highest BCUT2D eigenvalue weighted by Crippen LogP contribution is 2.28. The van der Waals surface area contributed by atoms with Crippen LogP contribution in [0.15, 0.2) is 24.3 Å². The fourth-order valence-electron chi connectivity index (χ4n) is 1.52. The Morgan fingerprint density at radius 1 is 1.33 bits per heavy atom. The molecule has 1 aromatic rings. The number of hydrogen-bond donors (Lipinski definition) is 0. The average Bonchev–Trinajstić information content (AvgIpc) is 2.28. The first-order valence-electron chi connectivity index (χ1n) is 5.11. The van der Waals surface area contributed by atoms with Gasteiger partial charge in [0.1, 0.15) is 16.8 Å². The van der Waals surface area contributed by atoms with Crippen LogP contribution in [0.4, 0.5) is 0 Å². The van der Waals surface area contributed by atoms with E-state index in [-0.39, 0.29) is 11.5 Å². The second-order valence-corrected chi connectivity index (χ2v) is 4.81. The molecular weight excluding hydrogens is 204 g/mol. The van der Waals surface area contributed by atoms with Gasteiger partial charge in [0.2, 0.25) is 0 Å². The number of carbonyl (C=O) groups excluding carboxylic acids is 1. The maximum atomic E-state index is 10.5. The van der Waals surface area contributed by atoms with E-state index in [0.717, 1.165) is 16.8 Å². The molecule has 0 bridgehead atoms. The van der Waals surface area contributed by atoms with E-state index in [9.17, 15) is 4.79 Å². The molecule has 0 radical (unpaired) electrons. The van der Waals surface area contributed by atoms with Crippen molar-refractivity contribution < 1.29 is 9.22 Å². The van der Waals surface area contributed by atoms with Gasteiger partial charge in [-0.3, -0.25) is 4.79 Å². The minimum Gasteiger partial charge on any atom is -0.424 e. The lowest BCUT2D eigenvalue weighted by atomic mass is 9.80. The van der Waals surface area contributed by atoms with Crippen molar-refractivity contribution in [2.75, 3.05) is 0 Å². The van der Waals surface area contributed by atoms with Crippen LogP contribution in [-0.2, 0) is 9.84 Å². The third-order valence-corrected chi connectivity index (χ3v) is 3.87. The number of carbonyl (C=O) groups is 1. The molecule has 2 nitrogen and oxygen atoms in total. The monoisotopic (exact) mass is 222 g/mol. The zero-order valence-electron chi connectivity index (χ0n) is 9.78. The van der Waals surface area contributed by atoms with Crippen molar-refractivity contribution in [1.82, 2.24) is 0 Å². The van der Waals surface area contributed by atoms with Crippen molar-refractivity contribution in [3.05, 3.63) is 35.4 Å². The molecule has 0 fully saturated rings. The Balaban J connectivity index is 2.99. The first-order chi connectivity index (χ1) is 7.02. The molecular formula is C12H18O2Si. The minimum atomic E-state index is -0.0107. The minimum absolute atomic E-state index is 0.0107. The lowest BCUT2D eigenvalue weighted by Crippen LogP contribution is -2.33. The first-order valence-corrected chi connectivity index (χ1v) is 5.92. The molecule has 0 aliphatic rings. The molecule has 0 N–H and O–H groups in total. The fraction of sp³-hybridized carbons (Fsp3) is 0.417. The zero-order chi connectivity index (χ0) is 11.5. The molecule has 1 rings (SSSR count). The second-order valence-electron chi connectivity index (χ2n) is 4.34. The maximum absolute atomic E-state index is 10.5. The summed E-state index contributed by atoms with van der Waals surface area (Å²) in [4.78, 5) is 10.5. The number of aldehydes is 1. The van der Waals surface area contributed by atoms with Gasteiger partial charge in [0.25, 0.3) is 0 Å². The molecule has 1 unspecified atom stereocenters. The Labute approximate surface area is 94.2 Å². The molecule has 15 heavy (non-hydrogen) atoms. The summed E-state index contributed by atoms with van der Waals surface area (Å²) in [5, 5.41) is 0. The van der Waals surface area contributed by atoms with E-state index in [1.54, 1.807) is 0 Å². The summed E-state index contributed by atoms with van der Waals surface area (Å²) in [6.45, 7) is 6.40. The van der Waals surface area contributed by atoms with Crippen LogP contribution in [0.5, 0.6) is 0 Å². The van der Waals surface area contributed by atoms with Crippen LogP contribution >= 0.6 is 0 Å². The van der Waals surface area contributed by atoms with Gasteiger partial charge in [-0.2, -0.15) is 0 Å². The van der Waals surface area contributed by atoms with E-state index in [4.69, 9.17) is 4.43 Å². The molecule has 3 heteroatoms. The molecule has 0 saturated carbocycles. The van der Waals surface area contributed by atoms with Crippen molar-refractivity contribution in [3.63, 3.8) is 0 Å². The summed E-state index contributed by atoms with van der Waals surface area (Å²) in [5.41, 5.74) is 1.91. The second kappa shape index (κ2) is 4.73. The standard InChI is InChI=1S/C12H18O2Si/c1-9(14-15)12(2,3)11-6-4-10(8-13)5-7-11/h4-9H,1-3,15H3. The highest BCUT2D eigenvalue weighted by Gasteiger charge is 2.27. The Bertz CT molecular complexity index is 330. The van der Waals surface area contributed by atoms with E-state index in [2.05, 4.69) is 20.8 Å². The van der Waals surface area contributed by atoms with Gasteiger partial charge >= 0.3 is 0 Å². The van der Waals surface area contributed by atoms with Crippen molar-refractivity contribution in [3.8, 4) is 0 Å². The molecule has 0 amide bonds. The quantitative estimate of drug-likeness (QED) is 0.569. The first kappa shape index (κ1) is 12.1. The van der Waals surface area contributed by atoms with E-state index in [1.165, 1.54) is 5.56 Å². The van der Waals surface area contributed by atoms with Gasteiger partial charge < -0.3 is 4.43 Å². The van der Waals surface area contributed by atoms with Crippen molar-refractivity contribution in [1.29, 1.82) is 0 Å². The smallest absolute Gasteiger partial charge is 0.150 e. The highest BCUT2D eigenvalue weighted by atomic mass is 28.2. The van der Waals surface area contributed by atoms with Crippen LogP contribution < -0.4 is 0 Å². The van der Waals surface area contributed by atoms with Crippen LogP contribution in [0.2, 0.25) is 0 Å². The van der Waals surface area contributed by atoms with Crippen LogP contribution in [0.3, 0.4) is 0 Å². The summed E-state index contributed by atoms with van der Waals surface area (Å²) in [5.74, 6) is 0. The van der Waals surface area contributed by atoms with Crippen LogP contribution in [0.1, 0.15) is 36.7 Å². The van der Waals surface area contributed by atoms with Crippen LogP contribution in [0.25, 0.3) is 0 Å². The Kier molecular flexibility index (Phi) is 3.82. The van der Waals surface area contributed by atoms with Crippen LogP contribution in [-0.4, -0.2) is 22.9 Å². The zero-order valence-corrected chi connectivity index (χ0v) is 11.8. The molecule has 0 aromatic heterocycles. The number of benzene rings is 1. The maximum Gasteiger partial charge on any atom is 0.150 e. The van der Waals surface area contributed by atoms with E-state index in [0.29, 0.717) is 5.56 Å². The summed E-state index contributed by atoms with van der Waals surface area (Å²) in [6, 6.07) is 7.70. The van der Waals surface area contributed by atoms with E-state index in [1.807, 2.05) is 24.3 Å². The lowest BCUT2D eigenvalue weighted by molar-refractivity contribution is 0.112. The summed E-state index contributed by atoms with van der Waals surface area (Å²) < 4.78 is 5.50. The van der Waals surface area contributed by atoms with Crippen molar-refractivity contribution in [2.45, 2.75) is 32.3 Å². The van der Waals surface area contributed by atoms with Gasteiger partial charge in [-0.05, 0) is 12.5 Å². The Morgan fingerprint density at radius 3 is 2.27 bits per heavy atom. The molecule has 0 heterocycles. The summed E-state index contributed by atoms with van der Waals surface area (Å²) >= 11 is 0. The third-order valence-electron chi connectivity index (χ3n) is 3.16. The Morgan fingerprint density at radius 2 is 1.87 bits per heavy atom. The SMILES string of the molecule is CC(O[SiH3])C(C)(C)c1ccc(C=O)cc1.